The summed E-state index contributed by atoms with van der Waals surface area (Å²) in [6, 6.07) is 4.98. The fourth-order valence-corrected chi connectivity index (χ4v) is 3.50. The highest BCUT2D eigenvalue weighted by Gasteiger charge is 2.13. The average Bonchev–Trinajstić information content (AvgIpc) is 3.23. The van der Waals surface area contributed by atoms with Crippen LogP contribution in [0.2, 0.25) is 10.0 Å². The smallest absolute Gasteiger partial charge is 0.236 e. The van der Waals surface area contributed by atoms with Crippen LogP contribution in [0.15, 0.2) is 28.9 Å². The van der Waals surface area contributed by atoms with Crippen LogP contribution >= 0.6 is 46.3 Å². The van der Waals surface area contributed by atoms with Crippen LogP contribution in [0, 0.1) is 0 Å². The third kappa shape index (κ3) is 4.85. The molecule has 0 atom stereocenters. The van der Waals surface area contributed by atoms with Crippen LogP contribution in [0.4, 0.5) is 5.13 Å². The van der Waals surface area contributed by atoms with Crippen molar-refractivity contribution in [2.24, 2.45) is 7.05 Å². The van der Waals surface area contributed by atoms with Crippen molar-refractivity contribution in [3.63, 3.8) is 0 Å². The number of nitrogens with zero attached hydrogens (tertiary/aromatic N) is 5. The molecular weight excluding hydrogens is 419 g/mol. The summed E-state index contributed by atoms with van der Waals surface area (Å²) in [6.45, 7) is 0.183. The molecule has 26 heavy (non-hydrogen) atoms. The predicted molar refractivity (Wildman–Crippen MR) is 101 cm³/mol. The summed E-state index contributed by atoms with van der Waals surface area (Å²) in [5.41, 5.74) is 1.55. The van der Waals surface area contributed by atoms with Gasteiger partial charge in [-0.05, 0) is 18.2 Å². The number of halogens is 2. The highest BCUT2D eigenvalue weighted by molar-refractivity contribution is 7.99. The molecule has 136 valence electrons. The zero-order valence-corrected chi connectivity index (χ0v) is 16.5. The van der Waals surface area contributed by atoms with Gasteiger partial charge in [-0.25, -0.2) is 0 Å². The number of hydrogen-bond donors (Lipinski definition) is 1. The Morgan fingerprint density at radius 3 is 2.92 bits per heavy atom. The second-order valence-corrected chi connectivity index (χ2v) is 7.52. The molecule has 1 aromatic carbocycles. The van der Waals surface area contributed by atoms with Crippen molar-refractivity contribution in [2.45, 2.75) is 11.8 Å². The summed E-state index contributed by atoms with van der Waals surface area (Å²) >= 11 is 14.4. The van der Waals surface area contributed by atoms with Gasteiger partial charge in [-0.1, -0.05) is 46.3 Å². The number of aromatic nitrogens is 5. The molecule has 0 saturated carbocycles. The lowest BCUT2D eigenvalue weighted by Gasteiger charge is -2.08. The predicted octanol–water partition coefficient (Wildman–Crippen LogP) is 3.28. The number of ether oxygens (including phenoxy) is 1. The fourth-order valence-electron chi connectivity index (χ4n) is 1.84. The largest absolute Gasteiger partial charge is 0.484 e. The fraction of sp³-hybridized carbons (Fsp3) is 0.214. The summed E-state index contributed by atoms with van der Waals surface area (Å²) in [4.78, 5) is 11.9. The number of anilines is 1. The van der Waals surface area contributed by atoms with Gasteiger partial charge in [0.25, 0.3) is 0 Å². The molecule has 0 saturated heterocycles. The number of carbonyl (C=O) groups excluding carboxylic acids is 1. The van der Waals surface area contributed by atoms with Crippen LogP contribution in [0.1, 0.15) is 5.82 Å². The Kier molecular flexibility index (Phi) is 6.30. The van der Waals surface area contributed by atoms with Crippen molar-refractivity contribution < 1.29 is 9.53 Å². The minimum absolute atomic E-state index is 0.176. The second-order valence-electron chi connectivity index (χ2n) is 4.90. The van der Waals surface area contributed by atoms with Gasteiger partial charge >= 0.3 is 0 Å². The van der Waals surface area contributed by atoms with Crippen LogP contribution in [0.25, 0.3) is 0 Å². The third-order valence-electron chi connectivity index (χ3n) is 3.11. The molecule has 2 heterocycles. The molecule has 0 unspecified atom stereocenters. The molecule has 0 aliphatic carbocycles. The van der Waals surface area contributed by atoms with E-state index >= 15 is 0 Å². The maximum Gasteiger partial charge on any atom is 0.236 e. The molecular formula is C14H12Cl2N6O2S2. The molecule has 0 aliphatic heterocycles. The maximum atomic E-state index is 11.9. The minimum Gasteiger partial charge on any atom is -0.484 e. The quantitative estimate of drug-likeness (QED) is 0.574. The summed E-state index contributed by atoms with van der Waals surface area (Å²) in [5.74, 6) is 1.09. The Labute approximate surface area is 166 Å². The molecule has 1 amide bonds. The SMILES string of the molecule is Cn1c(COc2ccc(Cl)cc2Cl)nnc1SCC(=O)Nc1nncs1. The Morgan fingerprint density at radius 1 is 1.35 bits per heavy atom. The van der Waals surface area contributed by atoms with Crippen LogP contribution in [0.3, 0.4) is 0 Å². The lowest BCUT2D eigenvalue weighted by atomic mass is 10.3. The molecule has 12 heteroatoms. The number of nitrogens with one attached hydrogen (secondary N) is 1. The van der Waals surface area contributed by atoms with E-state index in [0.717, 1.165) is 0 Å². The van der Waals surface area contributed by atoms with Gasteiger partial charge in [0, 0.05) is 12.1 Å². The highest BCUT2D eigenvalue weighted by Crippen LogP contribution is 2.28. The first-order valence-corrected chi connectivity index (χ1v) is 9.80. The van der Waals surface area contributed by atoms with Crippen molar-refractivity contribution in [1.82, 2.24) is 25.0 Å². The Bertz CT molecular complexity index is 903. The Morgan fingerprint density at radius 2 is 2.19 bits per heavy atom. The van der Waals surface area contributed by atoms with E-state index in [0.29, 0.717) is 31.9 Å². The summed E-state index contributed by atoms with van der Waals surface area (Å²) in [7, 11) is 1.80. The van der Waals surface area contributed by atoms with Gasteiger partial charge in [0.05, 0.1) is 10.8 Å². The summed E-state index contributed by atoms with van der Waals surface area (Å²) in [5, 5.41) is 20.2. The summed E-state index contributed by atoms with van der Waals surface area (Å²) in [6.07, 6.45) is 0. The van der Waals surface area contributed by atoms with E-state index in [9.17, 15) is 4.79 Å². The van der Waals surface area contributed by atoms with Crippen molar-refractivity contribution in [3.05, 3.63) is 39.6 Å². The van der Waals surface area contributed by atoms with Gasteiger partial charge in [0.15, 0.2) is 11.0 Å². The summed E-state index contributed by atoms with van der Waals surface area (Å²) < 4.78 is 7.41. The zero-order valence-electron chi connectivity index (χ0n) is 13.3. The molecule has 0 radical (unpaired) electrons. The van der Waals surface area contributed by atoms with E-state index in [4.69, 9.17) is 27.9 Å². The van der Waals surface area contributed by atoms with Crippen LogP contribution in [0.5, 0.6) is 5.75 Å². The maximum absolute atomic E-state index is 11.9. The van der Waals surface area contributed by atoms with Crippen molar-refractivity contribution in [1.29, 1.82) is 0 Å². The molecule has 1 N–H and O–H groups in total. The molecule has 0 bridgehead atoms. The second kappa shape index (κ2) is 8.67. The first-order valence-electron chi connectivity index (χ1n) is 7.18. The van der Waals surface area contributed by atoms with Crippen molar-refractivity contribution in [3.8, 4) is 5.75 Å². The Hall–Kier alpha value is -1.88. The number of rotatable bonds is 7. The standard InChI is InChI=1S/C14H12Cl2N6O2S2/c1-22-11(5-24-10-3-2-8(15)4-9(10)16)19-21-14(22)25-6-12(23)18-13-20-17-7-26-13/h2-4,7H,5-6H2,1H3,(H,18,20,23). The molecule has 8 nitrogen and oxygen atoms in total. The van der Waals surface area contributed by atoms with Gasteiger partial charge in [0.2, 0.25) is 11.0 Å². The lowest BCUT2D eigenvalue weighted by molar-refractivity contribution is -0.113. The first kappa shape index (κ1) is 18.9. The van der Waals surface area contributed by atoms with E-state index < -0.39 is 0 Å². The number of hydrogen-bond acceptors (Lipinski definition) is 8. The van der Waals surface area contributed by atoms with Gasteiger partial charge in [-0.15, -0.1) is 20.4 Å². The first-order chi connectivity index (χ1) is 12.5. The van der Waals surface area contributed by atoms with E-state index in [1.807, 2.05) is 0 Å². The number of benzene rings is 1. The van der Waals surface area contributed by atoms with Crippen molar-refractivity contribution in [2.75, 3.05) is 11.1 Å². The lowest BCUT2D eigenvalue weighted by Crippen LogP contribution is -2.14. The van der Waals surface area contributed by atoms with Crippen molar-refractivity contribution >= 4 is 57.3 Å². The van der Waals surface area contributed by atoms with Gasteiger partial charge in [0.1, 0.15) is 17.9 Å². The van der Waals surface area contributed by atoms with Gasteiger partial charge in [-0.2, -0.15) is 0 Å². The van der Waals surface area contributed by atoms with Crippen LogP contribution in [-0.2, 0) is 18.4 Å². The highest BCUT2D eigenvalue weighted by atomic mass is 35.5. The van der Waals surface area contributed by atoms with E-state index in [-0.39, 0.29) is 18.3 Å². The minimum atomic E-state index is -0.194. The van der Waals surface area contributed by atoms with E-state index in [2.05, 4.69) is 25.7 Å². The number of amides is 1. The number of carbonyl (C=O) groups is 1. The van der Waals surface area contributed by atoms with E-state index in [1.165, 1.54) is 23.1 Å². The molecule has 3 aromatic rings. The molecule has 3 rings (SSSR count). The van der Waals surface area contributed by atoms with Gasteiger partial charge < -0.3 is 9.30 Å². The van der Waals surface area contributed by atoms with Gasteiger partial charge in [-0.3, -0.25) is 10.1 Å². The third-order valence-corrected chi connectivity index (χ3v) is 5.27. The van der Waals surface area contributed by atoms with Crippen LogP contribution < -0.4 is 10.1 Å². The van der Waals surface area contributed by atoms with Crippen LogP contribution in [-0.4, -0.2) is 36.6 Å². The monoisotopic (exact) mass is 430 g/mol. The average molecular weight is 431 g/mol. The molecule has 0 fully saturated rings. The molecule has 0 aliphatic rings. The number of thioether (sulfide) groups is 1. The molecule has 2 aromatic heterocycles. The molecule has 0 spiro atoms. The Balaban J connectivity index is 1.54. The van der Waals surface area contributed by atoms with E-state index in [1.54, 1.807) is 35.3 Å². The topological polar surface area (TPSA) is 94.8 Å². The zero-order chi connectivity index (χ0) is 18.5. The normalized spacial score (nSPS) is 10.7.